The van der Waals surface area contributed by atoms with Crippen LogP contribution in [-0.2, 0) is 11.2 Å². The SMILES string of the molecule is O=C1Cc2cccn2C(=O)N1CCCN1CCC(c2noc3cc(F)ccc23)CC1. The monoisotopic (exact) mass is 410 g/mol. The summed E-state index contributed by atoms with van der Waals surface area (Å²) < 4.78 is 20.2. The highest BCUT2D eigenvalue weighted by molar-refractivity contribution is 5.99. The van der Waals surface area contributed by atoms with Crippen LogP contribution in [0.15, 0.2) is 41.1 Å². The molecule has 2 aromatic heterocycles. The lowest BCUT2D eigenvalue weighted by molar-refractivity contribution is -0.128. The first kappa shape index (κ1) is 19.0. The smallest absolute Gasteiger partial charge is 0.335 e. The third kappa shape index (κ3) is 3.41. The van der Waals surface area contributed by atoms with Crippen molar-refractivity contribution in [3.05, 3.63) is 53.7 Å². The molecule has 4 heterocycles. The summed E-state index contributed by atoms with van der Waals surface area (Å²) in [5.74, 6) is -0.150. The number of fused-ring (bicyclic) bond motifs is 2. The molecule has 2 aliphatic heterocycles. The third-order valence-electron chi connectivity index (χ3n) is 6.20. The number of imide groups is 1. The second kappa shape index (κ2) is 7.68. The zero-order valence-electron chi connectivity index (χ0n) is 16.6. The number of aromatic nitrogens is 2. The van der Waals surface area contributed by atoms with E-state index in [1.807, 2.05) is 6.07 Å². The molecule has 0 aliphatic carbocycles. The Morgan fingerprint density at radius 1 is 1.13 bits per heavy atom. The topological polar surface area (TPSA) is 71.6 Å². The molecule has 1 aromatic carbocycles. The maximum atomic E-state index is 13.4. The number of amides is 2. The molecule has 2 aliphatic rings. The van der Waals surface area contributed by atoms with Crippen LogP contribution in [0.1, 0.15) is 36.6 Å². The molecule has 30 heavy (non-hydrogen) atoms. The first-order valence-corrected chi connectivity index (χ1v) is 10.4. The largest absolute Gasteiger partial charge is 0.356 e. The van der Waals surface area contributed by atoms with Gasteiger partial charge in [-0.2, -0.15) is 0 Å². The maximum absolute atomic E-state index is 13.4. The molecule has 8 heteroatoms. The number of hydrogen-bond acceptors (Lipinski definition) is 5. The van der Waals surface area contributed by atoms with Gasteiger partial charge in [0.05, 0.1) is 12.1 Å². The molecular weight excluding hydrogens is 387 g/mol. The van der Waals surface area contributed by atoms with Gasteiger partial charge < -0.3 is 9.42 Å². The van der Waals surface area contributed by atoms with E-state index < -0.39 is 0 Å². The number of likely N-dealkylation sites (tertiary alicyclic amines) is 1. The average Bonchev–Trinajstić information content (AvgIpc) is 3.37. The van der Waals surface area contributed by atoms with Gasteiger partial charge >= 0.3 is 6.03 Å². The van der Waals surface area contributed by atoms with Crippen molar-refractivity contribution in [1.29, 1.82) is 0 Å². The highest BCUT2D eigenvalue weighted by atomic mass is 19.1. The van der Waals surface area contributed by atoms with E-state index in [2.05, 4.69) is 10.1 Å². The van der Waals surface area contributed by atoms with Crippen molar-refractivity contribution < 1.29 is 18.5 Å². The predicted octanol–water partition coefficient (Wildman–Crippen LogP) is 3.39. The molecule has 0 saturated carbocycles. The van der Waals surface area contributed by atoms with Gasteiger partial charge in [0.2, 0.25) is 5.91 Å². The minimum Gasteiger partial charge on any atom is -0.356 e. The zero-order chi connectivity index (χ0) is 20.7. The van der Waals surface area contributed by atoms with E-state index in [1.165, 1.54) is 17.0 Å². The van der Waals surface area contributed by atoms with Gasteiger partial charge in [-0.05, 0) is 63.2 Å². The molecule has 1 saturated heterocycles. The number of carbonyl (C=O) groups excluding carboxylic acids is 2. The van der Waals surface area contributed by atoms with Crippen LogP contribution in [0.2, 0.25) is 0 Å². The Kier molecular flexibility index (Phi) is 4.86. The molecule has 0 radical (unpaired) electrons. The van der Waals surface area contributed by atoms with E-state index >= 15 is 0 Å². The van der Waals surface area contributed by atoms with Gasteiger partial charge in [0.1, 0.15) is 5.82 Å². The molecule has 0 atom stereocenters. The van der Waals surface area contributed by atoms with Crippen LogP contribution in [0, 0.1) is 5.82 Å². The number of rotatable bonds is 5. The molecule has 1 fully saturated rings. The van der Waals surface area contributed by atoms with Crippen molar-refractivity contribution in [3.8, 4) is 0 Å². The molecule has 7 nitrogen and oxygen atoms in total. The molecule has 5 rings (SSSR count). The fraction of sp³-hybridized carbons (Fsp3) is 0.409. The maximum Gasteiger partial charge on any atom is 0.335 e. The summed E-state index contributed by atoms with van der Waals surface area (Å²) in [6, 6.07) is 7.92. The Balaban J connectivity index is 1.14. The summed E-state index contributed by atoms with van der Waals surface area (Å²) in [6.45, 7) is 3.12. The number of carbonyl (C=O) groups is 2. The van der Waals surface area contributed by atoms with Crippen molar-refractivity contribution in [2.75, 3.05) is 26.2 Å². The molecule has 0 N–H and O–H groups in total. The van der Waals surface area contributed by atoms with Gasteiger partial charge in [-0.3, -0.25) is 14.3 Å². The number of hydrogen-bond donors (Lipinski definition) is 0. The number of piperidine rings is 1. The van der Waals surface area contributed by atoms with Crippen molar-refractivity contribution in [1.82, 2.24) is 19.5 Å². The summed E-state index contributed by atoms with van der Waals surface area (Å²) in [5, 5.41) is 5.09. The zero-order valence-corrected chi connectivity index (χ0v) is 16.6. The van der Waals surface area contributed by atoms with E-state index in [0.29, 0.717) is 18.0 Å². The van der Waals surface area contributed by atoms with Crippen molar-refractivity contribution in [2.24, 2.45) is 0 Å². The van der Waals surface area contributed by atoms with Gasteiger partial charge in [-0.1, -0.05) is 5.16 Å². The summed E-state index contributed by atoms with van der Waals surface area (Å²) in [6.07, 6.45) is 4.65. The summed E-state index contributed by atoms with van der Waals surface area (Å²) in [7, 11) is 0. The minimum atomic E-state index is -0.321. The Bertz CT molecular complexity index is 1100. The van der Waals surface area contributed by atoms with Crippen LogP contribution in [0.25, 0.3) is 11.0 Å². The van der Waals surface area contributed by atoms with Gasteiger partial charge in [0.15, 0.2) is 5.58 Å². The summed E-state index contributed by atoms with van der Waals surface area (Å²) >= 11 is 0. The highest BCUT2D eigenvalue weighted by Gasteiger charge is 2.30. The van der Waals surface area contributed by atoms with Gasteiger partial charge in [-0.25, -0.2) is 9.18 Å². The molecule has 0 spiro atoms. The first-order chi connectivity index (χ1) is 14.6. The van der Waals surface area contributed by atoms with Crippen LogP contribution in [-0.4, -0.2) is 57.6 Å². The Morgan fingerprint density at radius 2 is 1.97 bits per heavy atom. The lowest BCUT2D eigenvalue weighted by Gasteiger charge is -2.32. The van der Waals surface area contributed by atoms with E-state index in [0.717, 1.165) is 55.7 Å². The van der Waals surface area contributed by atoms with Crippen LogP contribution >= 0.6 is 0 Å². The van der Waals surface area contributed by atoms with E-state index in [1.54, 1.807) is 22.9 Å². The summed E-state index contributed by atoms with van der Waals surface area (Å²) in [4.78, 5) is 28.5. The predicted molar refractivity (Wildman–Crippen MR) is 108 cm³/mol. The molecule has 2 amide bonds. The van der Waals surface area contributed by atoms with E-state index in [9.17, 15) is 14.0 Å². The molecule has 0 bridgehead atoms. The number of benzene rings is 1. The first-order valence-electron chi connectivity index (χ1n) is 10.4. The molecule has 156 valence electrons. The second-order valence-corrected chi connectivity index (χ2v) is 8.05. The fourth-order valence-corrected chi connectivity index (χ4v) is 4.56. The lowest BCUT2D eigenvalue weighted by atomic mass is 9.91. The second-order valence-electron chi connectivity index (χ2n) is 8.05. The standard InChI is InChI=1S/C22H23FN4O3/c23-16-4-5-18-19(13-16)30-24-21(18)15-6-11-25(12-7-15)8-2-10-27-20(28)14-17-3-1-9-26(17)22(27)29/h1,3-5,9,13,15H,2,6-8,10-12,14H2. The molecule has 0 unspecified atom stereocenters. The van der Waals surface area contributed by atoms with Crippen molar-refractivity contribution in [2.45, 2.75) is 31.6 Å². The summed E-state index contributed by atoms with van der Waals surface area (Å²) in [5.41, 5.74) is 2.16. The Labute approximate surface area is 173 Å². The average molecular weight is 410 g/mol. The Hall–Kier alpha value is -3.00. The highest BCUT2D eigenvalue weighted by Crippen LogP contribution is 2.32. The lowest BCUT2D eigenvalue weighted by Crippen LogP contribution is -2.46. The molecular formula is C22H23FN4O3. The number of halogens is 1. The van der Waals surface area contributed by atoms with Crippen LogP contribution < -0.4 is 0 Å². The van der Waals surface area contributed by atoms with Crippen molar-refractivity contribution >= 4 is 22.9 Å². The van der Waals surface area contributed by atoms with E-state index in [-0.39, 0.29) is 24.2 Å². The number of nitrogens with zero attached hydrogens (tertiary/aromatic N) is 4. The minimum absolute atomic E-state index is 0.126. The van der Waals surface area contributed by atoms with Gasteiger partial charge in [0, 0.05) is 35.8 Å². The van der Waals surface area contributed by atoms with Crippen LogP contribution in [0.4, 0.5) is 9.18 Å². The third-order valence-corrected chi connectivity index (χ3v) is 6.20. The van der Waals surface area contributed by atoms with Gasteiger partial charge in [0.25, 0.3) is 0 Å². The Morgan fingerprint density at radius 3 is 2.80 bits per heavy atom. The molecule has 3 aromatic rings. The van der Waals surface area contributed by atoms with Gasteiger partial charge in [-0.15, -0.1) is 0 Å². The van der Waals surface area contributed by atoms with Crippen LogP contribution in [0.3, 0.4) is 0 Å². The quantitative estimate of drug-likeness (QED) is 0.645. The fourth-order valence-electron chi connectivity index (χ4n) is 4.56. The normalized spacial score (nSPS) is 18.4. The van der Waals surface area contributed by atoms with Crippen LogP contribution in [0.5, 0.6) is 0 Å². The van der Waals surface area contributed by atoms with E-state index in [4.69, 9.17) is 4.52 Å². The van der Waals surface area contributed by atoms with Crippen molar-refractivity contribution in [3.63, 3.8) is 0 Å².